The quantitative estimate of drug-likeness (QED) is 0.616. The minimum absolute atomic E-state index is 0.176. The van der Waals surface area contributed by atoms with Gasteiger partial charge in [-0.2, -0.15) is 0 Å². The molecule has 0 saturated carbocycles. The van der Waals surface area contributed by atoms with Crippen LogP contribution in [-0.4, -0.2) is 28.5 Å². The summed E-state index contributed by atoms with van der Waals surface area (Å²) < 4.78 is 0. The number of aromatic nitrogens is 1. The molecule has 0 fully saturated rings. The van der Waals surface area contributed by atoms with Crippen molar-refractivity contribution < 1.29 is 14.7 Å². The first-order chi connectivity index (χ1) is 9.04. The first-order valence-corrected chi connectivity index (χ1v) is 6.63. The summed E-state index contributed by atoms with van der Waals surface area (Å²) in [5, 5.41) is 12.3. The van der Waals surface area contributed by atoms with Crippen LogP contribution in [0.4, 0.5) is 0 Å². The highest BCUT2D eigenvalue weighted by atomic mass is 32.1. The number of aryl methyl sites for hydroxylation is 1. The Kier molecular flexibility index (Phi) is 5.95. The Bertz CT molecular complexity index is 518. The second-order valence-corrected chi connectivity index (χ2v) is 4.84. The van der Waals surface area contributed by atoms with Crippen molar-refractivity contribution in [2.24, 2.45) is 0 Å². The number of hydrogen-bond donors (Lipinski definition) is 2. The second-order valence-electron chi connectivity index (χ2n) is 3.75. The molecule has 1 amide bonds. The number of carbonyl (C=O) groups excluding carboxylic acids is 1. The SMILES string of the molecule is C/C=C/C=C/C(=O)NCCc1nc(C)c(C(=O)O)s1. The lowest BCUT2D eigenvalue weighted by Gasteiger charge is -1.98. The number of carboxylic acid groups (broad SMARTS) is 1. The monoisotopic (exact) mass is 280 g/mol. The fourth-order valence-electron chi connectivity index (χ4n) is 1.36. The van der Waals surface area contributed by atoms with Gasteiger partial charge in [0.05, 0.1) is 10.7 Å². The summed E-state index contributed by atoms with van der Waals surface area (Å²) in [5.41, 5.74) is 0.520. The van der Waals surface area contributed by atoms with Crippen LogP contribution in [0.15, 0.2) is 24.3 Å². The van der Waals surface area contributed by atoms with E-state index in [4.69, 9.17) is 5.11 Å². The Balaban J connectivity index is 2.43. The number of carbonyl (C=O) groups is 2. The minimum Gasteiger partial charge on any atom is -0.477 e. The number of hydrogen-bond acceptors (Lipinski definition) is 4. The Labute approximate surface area is 115 Å². The molecule has 5 nitrogen and oxygen atoms in total. The van der Waals surface area contributed by atoms with Crippen molar-refractivity contribution in [1.29, 1.82) is 0 Å². The van der Waals surface area contributed by atoms with Gasteiger partial charge in [-0.05, 0) is 13.8 Å². The smallest absolute Gasteiger partial charge is 0.347 e. The van der Waals surface area contributed by atoms with E-state index in [1.165, 1.54) is 6.08 Å². The number of nitrogens with one attached hydrogen (secondary N) is 1. The van der Waals surface area contributed by atoms with E-state index in [-0.39, 0.29) is 10.8 Å². The van der Waals surface area contributed by atoms with Crippen LogP contribution in [-0.2, 0) is 11.2 Å². The molecule has 0 aliphatic rings. The zero-order valence-electron chi connectivity index (χ0n) is 10.8. The van der Waals surface area contributed by atoms with Crippen molar-refractivity contribution >= 4 is 23.2 Å². The van der Waals surface area contributed by atoms with Crippen molar-refractivity contribution in [2.75, 3.05) is 6.54 Å². The molecule has 1 aromatic rings. The highest BCUT2D eigenvalue weighted by molar-refractivity contribution is 7.13. The average molecular weight is 280 g/mol. The molecule has 0 saturated heterocycles. The molecule has 2 N–H and O–H groups in total. The molecule has 1 rings (SSSR count). The lowest BCUT2D eigenvalue weighted by atomic mass is 10.4. The lowest BCUT2D eigenvalue weighted by molar-refractivity contribution is -0.116. The van der Waals surface area contributed by atoms with E-state index in [1.807, 2.05) is 13.0 Å². The number of carboxylic acids is 1. The van der Waals surface area contributed by atoms with Gasteiger partial charge in [0.1, 0.15) is 4.88 Å². The average Bonchev–Trinajstić information content (AvgIpc) is 2.71. The number of nitrogens with zero attached hydrogens (tertiary/aromatic N) is 1. The van der Waals surface area contributed by atoms with Gasteiger partial charge in [0.25, 0.3) is 0 Å². The molecule has 0 atom stereocenters. The third-order valence-electron chi connectivity index (χ3n) is 2.22. The van der Waals surface area contributed by atoms with Crippen LogP contribution >= 0.6 is 11.3 Å². The normalized spacial score (nSPS) is 11.3. The van der Waals surface area contributed by atoms with Crippen LogP contribution in [0.3, 0.4) is 0 Å². The van der Waals surface area contributed by atoms with Gasteiger partial charge in [-0.25, -0.2) is 9.78 Å². The van der Waals surface area contributed by atoms with Crippen molar-refractivity contribution in [3.05, 3.63) is 39.9 Å². The van der Waals surface area contributed by atoms with E-state index < -0.39 is 5.97 Å². The highest BCUT2D eigenvalue weighted by Gasteiger charge is 2.13. The van der Waals surface area contributed by atoms with Crippen LogP contribution in [0.5, 0.6) is 0 Å². The van der Waals surface area contributed by atoms with Crippen molar-refractivity contribution in [1.82, 2.24) is 10.3 Å². The van der Waals surface area contributed by atoms with Gasteiger partial charge >= 0.3 is 5.97 Å². The lowest BCUT2D eigenvalue weighted by Crippen LogP contribution is -2.23. The van der Waals surface area contributed by atoms with Gasteiger partial charge in [-0.3, -0.25) is 4.79 Å². The van der Waals surface area contributed by atoms with Gasteiger partial charge in [0, 0.05) is 19.0 Å². The van der Waals surface area contributed by atoms with E-state index >= 15 is 0 Å². The van der Waals surface area contributed by atoms with E-state index in [2.05, 4.69) is 10.3 Å². The van der Waals surface area contributed by atoms with Crippen LogP contribution in [0.2, 0.25) is 0 Å². The summed E-state index contributed by atoms with van der Waals surface area (Å²) in [5.74, 6) is -1.13. The topological polar surface area (TPSA) is 79.3 Å². The maximum Gasteiger partial charge on any atom is 0.347 e. The molecule has 0 spiro atoms. The standard InChI is InChI=1S/C13H16N2O3S/c1-3-4-5-6-10(16)14-8-7-11-15-9(2)12(19-11)13(17)18/h3-6H,7-8H2,1-2H3,(H,14,16)(H,17,18)/b4-3+,6-5+. The summed E-state index contributed by atoms with van der Waals surface area (Å²) in [6.07, 6.45) is 7.22. The summed E-state index contributed by atoms with van der Waals surface area (Å²) in [6, 6.07) is 0. The predicted molar refractivity (Wildman–Crippen MR) is 74.5 cm³/mol. The third-order valence-corrected chi connectivity index (χ3v) is 3.43. The van der Waals surface area contributed by atoms with E-state index in [0.717, 1.165) is 11.3 Å². The maximum atomic E-state index is 11.3. The molecule has 6 heteroatoms. The molecule has 0 unspecified atom stereocenters. The maximum absolute atomic E-state index is 11.3. The summed E-state index contributed by atoms with van der Waals surface area (Å²) in [4.78, 5) is 26.6. The first-order valence-electron chi connectivity index (χ1n) is 5.81. The molecule has 102 valence electrons. The fourth-order valence-corrected chi connectivity index (χ4v) is 2.27. The number of thiazole rings is 1. The highest BCUT2D eigenvalue weighted by Crippen LogP contribution is 2.17. The van der Waals surface area contributed by atoms with Gasteiger partial charge in [0.2, 0.25) is 5.91 Å². The summed E-state index contributed by atoms with van der Waals surface area (Å²) >= 11 is 1.15. The molecule has 0 aliphatic heterocycles. The van der Waals surface area contributed by atoms with Gasteiger partial charge in [-0.1, -0.05) is 18.2 Å². The molecule has 19 heavy (non-hydrogen) atoms. The largest absolute Gasteiger partial charge is 0.477 e. The Morgan fingerprint density at radius 2 is 2.16 bits per heavy atom. The van der Waals surface area contributed by atoms with E-state index in [9.17, 15) is 9.59 Å². The van der Waals surface area contributed by atoms with Gasteiger partial charge < -0.3 is 10.4 Å². The number of rotatable bonds is 6. The molecule has 0 bridgehead atoms. The zero-order chi connectivity index (χ0) is 14.3. The Morgan fingerprint density at radius 1 is 1.42 bits per heavy atom. The third kappa shape index (κ3) is 5.05. The number of aromatic carboxylic acids is 1. The zero-order valence-corrected chi connectivity index (χ0v) is 11.7. The van der Waals surface area contributed by atoms with Crippen molar-refractivity contribution in [3.8, 4) is 0 Å². The van der Waals surface area contributed by atoms with E-state index in [1.54, 1.807) is 19.1 Å². The van der Waals surface area contributed by atoms with E-state index in [0.29, 0.717) is 23.7 Å². The molecule has 0 aromatic carbocycles. The minimum atomic E-state index is -0.959. The first kappa shape index (κ1) is 15.1. The van der Waals surface area contributed by atoms with Crippen LogP contribution in [0, 0.1) is 6.92 Å². The molecular weight excluding hydrogens is 264 g/mol. The molecule has 0 radical (unpaired) electrons. The van der Waals surface area contributed by atoms with Crippen LogP contribution in [0.1, 0.15) is 27.3 Å². The number of amides is 1. The molecule has 0 aliphatic carbocycles. The molecule has 1 heterocycles. The van der Waals surface area contributed by atoms with Crippen LogP contribution < -0.4 is 5.32 Å². The Hall–Kier alpha value is -1.95. The summed E-state index contributed by atoms with van der Waals surface area (Å²) in [6.45, 7) is 3.97. The van der Waals surface area contributed by atoms with Crippen molar-refractivity contribution in [3.63, 3.8) is 0 Å². The predicted octanol–water partition coefficient (Wildman–Crippen LogP) is 1.94. The fraction of sp³-hybridized carbons (Fsp3) is 0.308. The Morgan fingerprint density at radius 3 is 2.74 bits per heavy atom. The number of allylic oxidation sites excluding steroid dienone is 3. The summed E-state index contributed by atoms with van der Waals surface area (Å²) in [7, 11) is 0. The second kappa shape index (κ2) is 7.48. The molecular formula is C13H16N2O3S. The van der Waals surface area contributed by atoms with Gasteiger partial charge in [0.15, 0.2) is 0 Å². The van der Waals surface area contributed by atoms with Gasteiger partial charge in [-0.15, -0.1) is 11.3 Å². The van der Waals surface area contributed by atoms with Crippen LogP contribution in [0.25, 0.3) is 0 Å². The van der Waals surface area contributed by atoms with Crippen molar-refractivity contribution in [2.45, 2.75) is 20.3 Å². The molecule has 1 aromatic heterocycles.